The van der Waals surface area contributed by atoms with Crippen LogP contribution in [0.1, 0.15) is 0 Å². The van der Waals surface area contributed by atoms with Gasteiger partial charge < -0.3 is 9.63 Å². The van der Waals surface area contributed by atoms with Crippen molar-refractivity contribution in [3.63, 3.8) is 0 Å². The fraction of sp³-hybridized carbons (Fsp3) is 0.0769. The minimum Gasteiger partial charge on any atom is -0.496 e. The van der Waals surface area contributed by atoms with Gasteiger partial charge in [-0.05, 0) is 17.7 Å². The van der Waals surface area contributed by atoms with Crippen molar-refractivity contribution in [2.75, 3.05) is 7.11 Å². The molecular formula is C13H13O3P. The monoisotopic (exact) mass is 248 g/mol. The third-order valence-electron chi connectivity index (χ3n) is 2.55. The Morgan fingerprint density at radius 2 is 1.59 bits per heavy atom. The van der Waals surface area contributed by atoms with Gasteiger partial charge in [-0.1, -0.05) is 36.4 Å². The van der Waals surface area contributed by atoms with Crippen molar-refractivity contribution in [3.8, 4) is 16.9 Å². The molecule has 4 heteroatoms. The molecule has 2 aromatic carbocycles. The number of hydrogen-bond donors (Lipinski definition) is 1. The number of rotatable bonds is 3. The van der Waals surface area contributed by atoms with Crippen molar-refractivity contribution >= 4 is 13.3 Å². The van der Waals surface area contributed by atoms with Gasteiger partial charge in [0.05, 0.1) is 7.11 Å². The molecule has 0 heterocycles. The van der Waals surface area contributed by atoms with Crippen molar-refractivity contribution in [2.24, 2.45) is 0 Å². The Morgan fingerprint density at radius 3 is 2.24 bits per heavy atom. The number of hydrogen-bond acceptors (Lipinski definition) is 2. The van der Waals surface area contributed by atoms with Crippen molar-refractivity contribution in [1.82, 2.24) is 0 Å². The zero-order valence-electron chi connectivity index (χ0n) is 9.38. The molecule has 0 aliphatic rings. The lowest BCUT2D eigenvalue weighted by Gasteiger charge is -2.11. The second-order valence-corrected chi connectivity index (χ2v) is 4.70. The summed E-state index contributed by atoms with van der Waals surface area (Å²) in [6, 6.07) is 14.6. The molecule has 2 aromatic rings. The van der Waals surface area contributed by atoms with Crippen LogP contribution >= 0.6 is 8.03 Å². The first kappa shape index (κ1) is 11.9. The quantitative estimate of drug-likeness (QED) is 0.849. The normalized spacial score (nSPS) is 12.1. The van der Waals surface area contributed by atoms with Crippen LogP contribution in [0.15, 0.2) is 48.5 Å². The van der Waals surface area contributed by atoms with Gasteiger partial charge in [0.2, 0.25) is 8.03 Å². The van der Waals surface area contributed by atoms with Crippen molar-refractivity contribution < 1.29 is 14.2 Å². The molecule has 17 heavy (non-hydrogen) atoms. The molecule has 0 spiro atoms. The largest absolute Gasteiger partial charge is 0.496 e. The van der Waals surface area contributed by atoms with Gasteiger partial charge in [0.25, 0.3) is 0 Å². The molecule has 0 saturated carbocycles. The highest BCUT2D eigenvalue weighted by atomic mass is 31.1. The molecule has 1 unspecified atom stereocenters. The second-order valence-electron chi connectivity index (χ2n) is 3.55. The maximum absolute atomic E-state index is 11.3. The number of ether oxygens (including phenoxy) is 1. The molecular weight excluding hydrogens is 235 g/mol. The van der Waals surface area contributed by atoms with Crippen LogP contribution in [0.3, 0.4) is 0 Å². The predicted octanol–water partition coefficient (Wildman–Crippen LogP) is 2.45. The Hall–Kier alpha value is -1.57. The molecule has 2 rings (SSSR count). The lowest BCUT2D eigenvalue weighted by Crippen LogP contribution is -2.01. The Labute approximate surface area is 101 Å². The molecule has 0 bridgehead atoms. The summed E-state index contributed by atoms with van der Waals surface area (Å²) in [5.74, 6) is 0.697. The summed E-state index contributed by atoms with van der Waals surface area (Å²) in [6.07, 6.45) is 0. The van der Waals surface area contributed by atoms with Crippen LogP contribution in [-0.2, 0) is 4.57 Å². The average molecular weight is 248 g/mol. The minimum atomic E-state index is -2.72. The van der Waals surface area contributed by atoms with E-state index in [-0.39, 0.29) is 0 Å². The van der Waals surface area contributed by atoms with E-state index in [1.807, 2.05) is 36.4 Å². The Morgan fingerprint density at radius 1 is 1.00 bits per heavy atom. The van der Waals surface area contributed by atoms with Crippen LogP contribution in [0.5, 0.6) is 5.75 Å². The molecule has 0 amide bonds. The zero-order valence-corrected chi connectivity index (χ0v) is 10.4. The van der Waals surface area contributed by atoms with E-state index in [2.05, 4.69) is 0 Å². The number of para-hydroxylation sites is 1. The maximum Gasteiger partial charge on any atom is 0.218 e. The van der Waals surface area contributed by atoms with E-state index in [0.29, 0.717) is 11.1 Å². The summed E-state index contributed by atoms with van der Waals surface area (Å²) >= 11 is 0. The summed E-state index contributed by atoms with van der Waals surface area (Å²) in [7, 11) is -1.13. The molecule has 0 aromatic heterocycles. The van der Waals surface area contributed by atoms with E-state index in [1.165, 1.54) is 0 Å². The van der Waals surface area contributed by atoms with Gasteiger partial charge in [-0.25, -0.2) is 0 Å². The highest BCUT2D eigenvalue weighted by Gasteiger charge is 2.11. The van der Waals surface area contributed by atoms with E-state index < -0.39 is 8.03 Å². The summed E-state index contributed by atoms with van der Waals surface area (Å²) in [4.78, 5) is 9.33. The maximum atomic E-state index is 11.3. The fourth-order valence-corrected chi connectivity index (χ4v) is 2.46. The third-order valence-corrected chi connectivity index (χ3v) is 3.45. The van der Waals surface area contributed by atoms with Crippen LogP contribution in [0.2, 0.25) is 0 Å². The van der Waals surface area contributed by atoms with Gasteiger partial charge in [-0.2, -0.15) is 0 Å². The molecule has 1 N–H and O–H groups in total. The standard InChI is InChI=1S/C13H13O3P/c1-16-12-8-4-2-6-10(12)11-7-3-5-9-13(11)17(14)15/h2-9,17H,1H3,(H,14,15). The molecule has 0 saturated heterocycles. The topological polar surface area (TPSA) is 46.5 Å². The molecule has 3 nitrogen and oxygen atoms in total. The fourth-order valence-electron chi connectivity index (χ4n) is 1.77. The minimum absolute atomic E-state index is 0.460. The van der Waals surface area contributed by atoms with E-state index >= 15 is 0 Å². The van der Waals surface area contributed by atoms with Gasteiger partial charge >= 0.3 is 0 Å². The molecule has 0 aliphatic heterocycles. The lowest BCUT2D eigenvalue weighted by atomic mass is 10.0. The summed E-state index contributed by atoms with van der Waals surface area (Å²) in [5, 5.41) is 0.460. The van der Waals surface area contributed by atoms with Crippen molar-refractivity contribution in [1.29, 1.82) is 0 Å². The first-order valence-electron chi connectivity index (χ1n) is 5.19. The van der Waals surface area contributed by atoms with Gasteiger partial charge in [-0.3, -0.25) is 4.57 Å². The van der Waals surface area contributed by atoms with Crippen LogP contribution in [0.4, 0.5) is 0 Å². The summed E-state index contributed by atoms with van der Waals surface area (Å²) in [6.45, 7) is 0. The number of methoxy groups -OCH3 is 1. The van der Waals surface area contributed by atoms with Crippen LogP contribution in [0, 0.1) is 0 Å². The first-order valence-corrected chi connectivity index (χ1v) is 6.55. The van der Waals surface area contributed by atoms with Crippen molar-refractivity contribution in [2.45, 2.75) is 0 Å². The third kappa shape index (κ3) is 2.41. The number of benzene rings is 2. The van der Waals surface area contributed by atoms with Gasteiger partial charge in [0, 0.05) is 10.9 Å². The van der Waals surface area contributed by atoms with E-state index in [1.54, 1.807) is 19.2 Å². The van der Waals surface area contributed by atoms with Gasteiger partial charge in [0.1, 0.15) is 5.75 Å². The lowest BCUT2D eigenvalue weighted by molar-refractivity contribution is 0.416. The highest BCUT2D eigenvalue weighted by Crippen LogP contribution is 2.31. The van der Waals surface area contributed by atoms with E-state index in [9.17, 15) is 9.46 Å². The molecule has 88 valence electrons. The molecule has 0 fully saturated rings. The smallest absolute Gasteiger partial charge is 0.218 e. The molecule has 0 aliphatic carbocycles. The SMILES string of the molecule is COc1ccccc1-c1ccccc1[PH](=O)O. The average Bonchev–Trinajstić information content (AvgIpc) is 2.38. The van der Waals surface area contributed by atoms with Crippen LogP contribution in [0.25, 0.3) is 11.1 Å². The molecule has 1 atom stereocenters. The second kappa shape index (κ2) is 5.17. The summed E-state index contributed by atoms with van der Waals surface area (Å²) in [5.41, 5.74) is 1.58. The predicted molar refractivity (Wildman–Crippen MR) is 69.3 cm³/mol. The molecule has 0 radical (unpaired) electrons. The van der Waals surface area contributed by atoms with E-state index in [4.69, 9.17) is 4.74 Å². The van der Waals surface area contributed by atoms with Gasteiger partial charge in [0.15, 0.2) is 0 Å². The summed E-state index contributed by atoms with van der Waals surface area (Å²) < 4.78 is 16.6. The van der Waals surface area contributed by atoms with Crippen LogP contribution < -0.4 is 10.0 Å². The highest BCUT2D eigenvalue weighted by molar-refractivity contribution is 7.47. The Kier molecular flexibility index (Phi) is 3.62. The van der Waals surface area contributed by atoms with E-state index in [0.717, 1.165) is 11.1 Å². The van der Waals surface area contributed by atoms with Gasteiger partial charge in [-0.15, -0.1) is 0 Å². The Balaban J connectivity index is 2.64. The first-order chi connectivity index (χ1) is 8.24. The zero-order chi connectivity index (χ0) is 12.3. The van der Waals surface area contributed by atoms with Crippen molar-refractivity contribution in [3.05, 3.63) is 48.5 Å². The van der Waals surface area contributed by atoms with Crippen LogP contribution in [-0.4, -0.2) is 12.0 Å². The Bertz CT molecular complexity index is 552.